The summed E-state index contributed by atoms with van der Waals surface area (Å²) >= 11 is 1.71. The summed E-state index contributed by atoms with van der Waals surface area (Å²) < 4.78 is 0. The number of hydrogen-bond donors (Lipinski definition) is 2. The fourth-order valence-corrected chi connectivity index (χ4v) is 4.02. The Hall–Kier alpha value is -1.23. The van der Waals surface area contributed by atoms with E-state index in [-0.39, 0.29) is 24.0 Å². The van der Waals surface area contributed by atoms with Gasteiger partial charge in [0.05, 0.1) is 6.54 Å². The van der Waals surface area contributed by atoms with Crippen molar-refractivity contribution in [1.29, 1.82) is 0 Å². The summed E-state index contributed by atoms with van der Waals surface area (Å²) in [7, 11) is 0. The Labute approximate surface area is 195 Å². The highest BCUT2D eigenvalue weighted by Crippen LogP contribution is 2.11. The molecule has 0 saturated carbocycles. The smallest absolute Gasteiger partial charge is 0.191 e. The Balaban J connectivity index is 0.00000300. The van der Waals surface area contributed by atoms with Crippen molar-refractivity contribution in [1.82, 2.24) is 25.4 Å². The molecule has 0 unspecified atom stereocenters. The minimum absolute atomic E-state index is 0. The van der Waals surface area contributed by atoms with Crippen LogP contribution in [0, 0.1) is 6.92 Å². The molecule has 2 N–H and O–H groups in total. The van der Waals surface area contributed by atoms with Crippen LogP contribution in [0.15, 0.2) is 41.5 Å². The number of thiazole rings is 1. The fourth-order valence-electron chi connectivity index (χ4n) is 3.31. The summed E-state index contributed by atoms with van der Waals surface area (Å²) in [5.41, 5.74) is 1.40. The Morgan fingerprint density at radius 2 is 1.83 bits per heavy atom. The van der Waals surface area contributed by atoms with Crippen molar-refractivity contribution in [3.63, 3.8) is 0 Å². The molecule has 1 fully saturated rings. The molecule has 2 heterocycles. The Bertz CT molecular complexity index is 728. The molecule has 1 aromatic heterocycles. The molecule has 0 atom stereocenters. The quantitative estimate of drug-likeness (QED) is 0.314. The van der Waals surface area contributed by atoms with E-state index in [1.165, 1.54) is 10.4 Å². The number of aryl methyl sites for hydroxylation is 1. The van der Waals surface area contributed by atoms with E-state index in [0.717, 1.165) is 63.3 Å². The lowest BCUT2D eigenvalue weighted by Gasteiger charge is -2.34. The van der Waals surface area contributed by atoms with E-state index in [0.29, 0.717) is 6.54 Å². The zero-order chi connectivity index (χ0) is 19.6. The maximum absolute atomic E-state index is 4.65. The van der Waals surface area contributed by atoms with Gasteiger partial charge in [-0.25, -0.2) is 9.98 Å². The summed E-state index contributed by atoms with van der Waals surface area (Å²) in [6, 6.07) is 10.8. The Kier molecular flexibility index (Phi) is 10.9. The van der Waals surface area contributed by atoms with Gasteiger partial charge in [0, 0.05) is 63.4 Å². The highest BCUT2D eigenvalue weighted by atomic mass is 127. The Morgan fingerprint density at radius 3 is 2.48 bits per heavy atom. The Morgan fingerprint density at radius 1 is 1.10 bits per heavy atom. The van der Waals surface area contributed by atoms with E-state index >= 15 is 0 Å². The van der Waals surface area contributed by atoms with Gasteiger partial charge in [0.2, 0.25) is 0 Å². The van der Waals surface area contributed by atoms with Gasteiger partial charge in [-0.05, 0) is 19.4 Å². The molecule has 3 rings (SSSR count). The molecule has 1 saturated heterocycles. The molecule has 0 amide bonds. The molecular formula is C21H33IN6S. The van der Waals surface area contributed by atoms with Gasteiger partial charge in [-0.1, -0.05) is 30.3 Å². The lowest BCUT2D eigenvalue weighted by atomic mass is 10.2. The highest BCUT2D eigenvalue weighted by Gasteiger charge is 2.16. The summed E-state index contributed by atoms with van der Waals surface area (Å²) in [5, 5.41) is 7.84. The summed E-state index contributed by atoms with van der Waals surface area (Å²) in [6.07, 6.45) is 1.91. The van der Waals surface area contributed by atoms with Crippen molar-refractivity contribution in [3.8, 4) is 0 Å². The van der Waals surface area contributed by atoms with Gasteiger partial charge < -0.3 is 10.6 Å². The lowest BCUT2D eigenvalue weighted by molar-refractivity contribution is 0.129. The maximum atomic E-state index is 4.65. The molecule has 1 aliphatic heterocycles. The first-order valence-corrected chi connectivity index (χ1v) is 11.0. The van der Waals surface area contributed by atoms with Crippen LogP contribution in [0.25, 0.3) is 0 Å². The average molecular weight is 529 g/mol. The minimum Gasteiger partial charge on any atom is -0.357 e. The van der Waals surface area contributed by atoms with Crippen molar-refractivity contribution in [2.24, 2.45) is 4.99 Å². The van der Waals surface area contributed by atoms with Crippen LogP contribution >= 0.6 is 35.3 Å². The van der Waals surface area contributed by atoms with Crippen molar-refractivity contribution < 1.29 is 0 Å². The normalized spacial score (nSPS) is 15.7. The van der Waals surface area contributed by atoms with Crippen LogP contribution < -0.4 is 10.6 Å². The molecule has 0 bridgehead atoms. The predicted molar refractivity (Wildman–Crippen MR) is 133 cm³/mol. The van der Waals surface area contributed by atoms with Gasteiger partial charge in [-0.3, -0.25) is 9.80 Å². The van der Waals surface area contributed by atoms with E-state index in [2.05, 4.69) is 74.6 Å². The lowest BCUT2D eigenvalue weighted by Crippen LogP contribution is -2.49. The van der Waals surface area contributed by atoms with Gasteiger partial charge in [-0.15, -0.1) is 35.3 Å². The zero-order valence-electron chi connectivity index (χ0n) is 17.4. The molecule has 6 nitrogen and oxygen atoms in total. The molecule has 160 valence electrons. The fraction of sp³-hybridized carbons (Fsp3) is 0.524. The third kappa shape index (κ3) is 8.57. The van der Waals surface area contributed by atoms with Gasteiger partial charge in [-0.2, -0.15) is 0 Å². The van der Waals surface area contributed by atoms with E-state index < -0.39 is 0 Å². The number of nitrogens with zero attached hydrogens (tertiary/aromatic N) is 4. The maximum Gasteiger partial charge on any atom is 0.191 e. The van der Waals surface area contributed by atoms with Crippen LogP contribution in [0.1, 0.15) is 22.4 Å². The molecule has 1 aliphatic rings. The molecule has 0 aliphatic carbocycles. The van der Waals surface area contributed by atoms with Crippen LogP contribution in [0.5, 0.6) is 0 Å². The summed E-state index contributed by atoms with van der Waals surface area (Å²) in [4.78, 5) is 15.3. The largest absolute Gasteiger partial charge is 0.357 e. The van der Waals surface area contributed by atoms with Crippen molar-refractivity contribution in [2.75, 3.05) is 45.8 Å². The molecule has 0 spiro atoms. The second-order valence-electron chi connectivity index (χ2n) is 7.09. The second kappa shape index (κ2) is 13.1. The van der Waals surface area contributed by atoms with Crippen LogP contribution in [0.3, 0.4) is 0 Å². The molecule has 1 aromatic carbocycles. The average Bonchev–Trinajstić information content (AvgIpc) is 3.13. The first-order chi connectivity index (χ1) is 13.7. The second-order valence-corrected chi connectivity index (χ2v) is 8.41. The standard InChI is InChI=1S/C21H32N6S.HI/c1-3-22-21(25-16-20-24-15-18(2)28-20)23-9-10-26-11-13-27(14-12-26)17-19-7-5-4-6-8-19;/h4-8,15H,3,9-14,16-17H2,1-2H3,(H2,22,23,25);1H. The third-order valence-electron chi connectivity index (χ3n) is 4.82. The third-order valence-corrected chi connectivity index (χ3v) is 5.72. The van der Waals surface area contributed by atoms with E-state index in [9.17, 15) is 0 Å². The number of guanidine groups is 1. The van der Waals surface area contributed by atoms with Gasteiger partial charge in [0.25, 0.3) is 0 Å². The van der Waals surface area contributed by atoms with Crippen molar-refractivity contribution in [3.05, 3.63) is 52.0 Å². The number of piperazine rings is 1. The van der Waals surface area contributed by atoms with Gasteiger partial charge >= 0.3 is 0 Å². The van der Waals surface area contributed by atoms with Crippen LogP contribution in [-0.4, -0.2) is 66.6 Å². The first kappa shape index (κ1) is 24.0. The SMILES string of the molecule is CCNC(=NCc1ncc(C)s1)NCCN1CCN(Cc2ccccc2)CC1.I. The topological polar surface area (TPSA) is 55.8 Å². The van der Waals surface area contributed by atoms with Crippen LogP contribution in [-0.2, 0) is 13.1 Å². The predicted octanol–water partition coefficient (Wildman–Crippen LogP) is 2.94. The number of halogens is 1. The number of rotatable bonds is 8. The first-order valence-electron chi connectivity index (χ1n) is 10.1. The van der Waals surface area contributed by atoms with Crippen LogP contribution in [0.2, 0.25) is 0 Å². The number of benzene rings is 1. The summed E-state index contributed by atoms with van der Waals surface area (Å²) in [6.45, 7) is 13.2. The number of aromatic nitrogens is 1. The number of nitrogens with one attached hydrogen (secondary N) is 2. The minimum atomic E-state index is 0. The highest BCUT2D eigenvalue weighted by molar-refractivity contribution is 14.0. The van der Waals surface area contributed by atoms with Gasteiger partial charge in [0.1, 0.15) is 5.01 Å². The summed E-state index contributed by atoms with van der Waals surface area (Å²) in [5.74, 6) is 0.873. The van der Waals surface area contributed by atoms with Gasteiger partial charge in [0.15, 0.2) is 5.96 Å². The van der Waals surface area contributed by atoms with E-state index in [1.54, 1.807) is 11.3 Å². The molecule has 0 radical (unpaired) electrons. The monoisotopic (exact) mass is 528 g/mol. The molecule has 29 heavy (non-hydrogen) atoms. The van der Waals surface area contributed by atoms with Crippen LogP contribution in [0.4, 0.5) is 0 Å². The molecular weight excluding hydrogens is 495 g/mol. The number of hydrogen-bond acceptors (Lipinski definition) is 5. The molecule has 2 aromatic rings. The van der Waals surface area contributed by atoms with E-state index in [4.69, 9.17) is 0 Å². The van der Waals surface area contributed by atoms with Crippen molar-refractivity contribution >= 4 is 41.3 Å². The van der Waals surface area contributed by atoms with Crippen molar-refractivity contribution in [2.45, 2.75) is 26.9 Å². The molecule has 8 heteroatoms. The number of aliphatic imine (C=N–C) groups is 1. The zero-order valence-corrected chi connectivity index (χ0v) is 20.6. The van der Waals surface area contributed by atoms with E-state index in [1.807, 2.05) is 6.20 Å².